The summed E-state index contributed by atoms with van der Waals surface area (Å²) in [7, 11) is -3.58. The molecule has 170 valence electrons. The number of benzene rings is 2. The first-order valence-corrected chi connectivity index (χ1v) is 12.9. The summed E-state index contributed by atoms with van der Waals surface area (Å²) in [6.45, 7) is 6.54. The van der Waals surface area contributed by atoms with Crippen molar-refractivity contribution in [3.05, 3.63) is 52.5 Å². The fraction of sp³-hybridized carbons (Fsp3) is 0.435. The first-order valence-electron chi connectivity index (χ1n) is 10.6. The Kier molecular flexibility index (Phi) is 9.99. The molecule has 0 aliphatic rings. The molecule has 0 radical (unpaired) electrons. The second kappa shape index (κ2) is 12.2. The van der Waals surface area contributed by atoms with E-state index in [0.29, 0.717) is 34.5 Å². The van der Waals surface area contributed by atoms with Gasteiger partial charge in [-0.15, -0.1) is 0 Å². The number of nitrogens with one attached hydrogen (secondary N) is 2. The fourth-order valence-corrected chi connectivity index (χ4v) is 4.63. The Morgan fingerprint density at radius 3 is 2.39 bits per heavy atom. The van der Waals surface area contributed by atoms with Gasteiger partial charge in [-0.05, 0) is 78.2 Å². The number of rotatable bonds is 12. The molecule has 1 atom stereocenters. The maximum atomic E-state index is 12.6. The highest BCUT2D eigenvalue weighted by Crippen LogP contribution is 2.27. The molecule has 1 amide bonds. The van der Waals surface area contributed by atoms with Crippen LogP contribution in [0.5, 0.6) is 5.75 Å². The number of halogens is 1. The van der Waals surface area contributed by atoms with Crippen molar-refractivity contribution in [3.8, 4) is 5.75 Å². The predicted molar refractivity (Wildman–Crippen MR) is 128 cm³/mol. The number of ether oxygens (including phenoxy) is 1. The molecule has 2 aromatic rings. The summed E-state index contributed by atoms with van der Waals surface area (Å²) in [6.07, 6.45) is 5.22. The molecule has 6 nitrogen and oxygen atoms in total. The number of anilines is 1. The smallest absolute Gasteiger partial charge is 0.255 e. The van der Waals surface area contributed by atoms with Crippen molar-refractivity contribution in [1.82, 2.24) is 4.72 Å². The number of hydrogen-bond acceptors (Lipinski definition) is 4. The van der Waals surface area contributed by atoms with Crippen molar-refractivity contribution in [2.75, 3.05) is 11.9 Å². The van der Waals surface area contributed by atoms with E-state index in [1.165, 1.54) is 25.0 Å². The SMILES string of the molecule is CCCCCCOc1ccc(C(=O)Nc2ccc(S(=O)(=O)NC(C)CC)cc2)cc1Br. The third-order valence-corrected chi connectivity index (χ3v) is 7.07. The van der Waals surface area contributed by atoms with E-state index in [0.717, 1.165) is 12.8 Å². The molecular weight excluding hydrogens is 480 g/mol. The van der Waals surface area contributed by atoms with Crippen LogP contribution in [0.15, 0.2) is 51.8 Å². The molecule has 0 bridgehead atoms. The van der Waals surface area contributed by atoms with Crippen LogP contribution < -0.4 is 14.8 Å². The first-order chi connectivity index (χ1) is 14.8. The van der Waals surface area contributed by atoms with E-state index in [1.807, 2.05) is 13.8 Å². The van der Waals surface area contributed by atoms with Crippen molar-refractivity contribution >= 4 is 37.5 Å². The molecule has 0 aliphatic carbocycles. The molecule has 31 heavy (non-hydrogen) atoms. The van der Waals surface area contributed by atoms with Crippen LogP contribution in [-0.4, -0.2) is 27.0 Å². The van der Waals surface area contributed by atoms with Crippen LogP contribution >= 0.6 is 15.9 Å². The second-order valence-electron chi connectivity index (χ2n) is 7.46. The van der Waals surface area contributed by atoms with E-state index >= 15 is 0 Å². The van der Waals surface area contributed by atoms with Gasteiger partial charge in [-0.3, -0.25) is 4.79 Å². The lowest BCUT2D eigenvalue weighted by Crippen LogP contribution is -2.31. The van der Waals surface area contributed by atoms with Gasteiger partial charge >= 0.3 is 0 Å². The van der Waals surface area contributed by atoms with Crippen LogP contribution in [0.4, 0.5) is 5.69 Å². The van der Waals surface area contributed by atoms with E-state index in [-0.39, 0.29) is 16.8 Å². The van der Waals surface area contributed by atoms with Crippen molar-refractivity contribution in [2.45, 2.75) is 63.8 Å². The van der Waals surface area contributed by atoms with Gasteiger partial charge in [0, 0.05) is 17.3 Å². The van der Waals surface area contributed by atoms with E-state index in [1.54, 1.807) is 30.3 Å². The Morgan fingerprint density at radius 1 is 1.06 bits per heavy atom. The van der Waals surface area contributed by atoms with E-state index < -0.39 is 10.0 Å². The number of amides is 1. The van der Waals surface area contributed by atoms with Gasteiger partial charge in [0.2, 0.25) is 10.0 Å². The van der Waals surface area contributed by atoms with Gasteiger partial charge in [0.15, 0.2) is 0 Å². The van der Waals surface area contributed by atoms with Crippen LogP contribution in [0, 0.1) is 0 Å². The third kappa shape index (κ3) is 7.94. The van der Waals surface area contributed by atoms with E-state index in [4.69, 9.17) is 4.74 Å². The molecule has 0 spiro atoms. The van der Waals surface area contributed by atoms with Gasteiger partial charge in [0.25, 0.3) is 5.91 Å². The lowest BCUT2D eigenvalue weighted by molar-refractivity contribution is 0.102. The molecular formula is C23H31BrN2O4S. The lowest BCUT2D eigenvalue weighted by atomic mass is 10.2. The molecule has 0 fully saturated rings. The highest BCUT2D eigenvalue weighted by Gasteiger charge is 2.17. The quantitative estimate of drug-likeness (QED) is 0.356. The van der Waals surface area contributed by atoms with Gasteiger partial charge < -0.3 is 10.1 Å². The molecule has 0 saturated carbocycles. The maximum Gasteiger partial charge on any atom is 0.255 e. The molecule has 0 aliphatic heterocycles. The van der Waals surface area contributed by atoms with E-state index in [9.17, 15) is 13.2 Å². The second-order valence-corrected chi connectivity index (χ2v) is 10.0. The zero-order valence-electron chi connectivity index (χ0n) is 18.3. The predicted octanol–water partition coefficient (Wildman–Crippen LogP) is 5.74. The van der Waals surface area contributed by atoms with Crippen molar-refractivity contribution in [1.29, 1.82) is 0 Å². The summed E-state index contributed by atoms with van der Waals surface area (Å²) in [4.78, 5) is 12.7. The summed E-state index contributed by atoms with van der Waals surface area (Å²) < 4.78 is 33.8. The van der Waals surface area contributed by atoms with Gasteiger partial charge in [-0.25, -0.2) is 13.1 Å². The van der Waals surface area contributed by atoms with Crippen LogP contribution in [0.2, 0.25) is 0 Å². The van der Waals surface area contributed by atoms with Gasteiger partial charge in [-0.1, -0.05) is 33.1 Å². The van der Waals surface area contributed by atoms with Crippen LogP contribution in [0.1, 0.15) is 63.2 Å². The number of carbonyl (C=O) groups excluding carboxylic acids is 1. The zero-order valence-corrected chi connectivity index (χ0v) is 20.7. The Hall–Kier alpha value is -1.90. The number of sulfonamides is 1. The minimum Gasteiger partial charge on any atom is -0.492 e. The first kappa shape index (κ1) is 25.4. The summed E-state index contributed by atoms with van der Waals surface area (Å²) in [5, 5.41) is 2.79. The van der Waals surface area contributed by atoms with E-state index in [2.05, 4.69) is 32.9 Å². The topological polar surface area (TPSA) is 84.5 Å². The summed E-state index contributed by atoms with van der Waals surface area (Å²) in [5.74, 6) is 0.417. The molecule has 1 unspecified atom stereocenters. The maximum absolute atomic E-state index is 12.6. The Labute approximate surface area is 194 Å². The van der Waals surface area contributed by atoms with Crippen molar-refractivity contribution < 1.29 is 17.9 Å². The Bertz CT molecular complexity index is 962. The van der Waals surface area contributed by atoms with Gasteiger partial charge in [0.05, 0.1) is 16.0 Å². The van der Waals surface area contributed by atoms with Gasteiger partial charge in [0.1, 0.15) is 5.75 Å². The molecule has 2 N–H and O–H groups in total. The summed E-state index contributed by atoms with van der Waals surface area (Å²) in [5.41, 5.74) is 0.986. The lowest BCUT2D eigenvalue weighted by Gasteiger charge is -2.13. The third-order valence-electron chi connectivity index (χ3n) is 4.84. The summed E-state index contributed by atoms with van der Waals surface area (Å²) >= 11 is 3.46. The summed E-state index contributed by atoms with van der Waals surface area (Å²) in [6, 6.07) is 11.2. The monoisotopic (exact) mass is 510 g/mol. The molecule has 2 aromatic carbocycles. The Balaban J connectivity index is 1.98. The standard InChI is InChI=1S/C23H31BrN2O4S/c1-4-6-7-8-15-30-22-14-9-18(16-21(22)24)23(27)25-19-10-12-20(13-11-19)31(28,29)26-17(3)5-2/h9-14,16-17,26H,4-8,15H2,1-3H3,(H,25,27). The number of unbranched alkanes of at least 4 members (excludes halogenated alkanes) is 3. The average Bonchev–Trinajstić information content (AvgIpc) is 2.74. The van der Waals surface area contributed by atoms with Crippen LogP contribution in [0.3, 0.4) is 0 Å². The average molecular weight is 511 g/mol. The highest BCUT2D eigenvalue weighted by molar-refractivity contribution is 9.10. The van der Waals surface area contributed by atoms with Crippen LogP contribution in [-0.2, 0) is 10.0 Å². The minimum absolute atomic E-state index is 0.147. The Morgan fingerprint density at radius 2 is 1.77 bits per heavy atom. The van der Waals surface area contributed by atoms with Crippen molar-refractivity contribution in [3.63, 3.8) is 0 Å². The highest BCUT2D eigenvalue weighted by atomic mass is 79.9. The minimum atomic E-state index is -3.58. The number of carbonyl (C=O) groups is 1. The molecule has 0 aromatic heterocycles. The normalized spacial score (nSPS) is 12.4. The zero-order chi connectivity index (χ0) is 22.9. The molecule has 2 rings (SSSR count). The van der Waals surface area contributed by atoms with Gasteiger partial charge in [-0.2, -0.15) is 0 Å². The van der Waals surface area contributed by atoms with Crippen LogP contribution in [0.25, 0.3) is 0 Å². The largest absolute Gasteiger partial charge is 0.492 e. The molecule has 0 heterocycles. The van der Waals surface area contributed by atoms with Crippen molar-refractivity contribution in [2.24, 2.45) is 0 Å². The fourth-order valence-electron chi connectivity index (χ4n) is 2.81. The number of hydrogen-bond donors (Lipinski definition) is 2. The molecule has 0 saturated heterocycles. The molecule has 8 heteroatoms.